The molecule has 0 spiro atoms. The molecule has 0 saturated carbocycles. The van der Waals surface area contributed by atoms with Crippen LogP contribution in [-0.4, -0.2) is 46.3 Å². The third-order valence-corrected chi connectivity index (χ3v) is 6.22. The van der Waals surface area contributed by atoms with Crippen molar-refractivity contribution in [1.29, 1.82) is 0 Å². The molecule has 0 aliphatic carbocycles. The van der Waals surface area contributed by atoms with Crippen molar-refractivity contribution in [1.82, 2.24) is 14.3 Å². The molecule has 1 amide bonds. The molecule has 4 rings (SSSR count). The van der Waals surface area contributed by atoms with Crippen LogP contribution in [0.15, 0.2) is 53.0 Å². The van der Waals surface area contributed by atoms with Gasteiger partial charge in [-0.15, -0.1) is 0 Å². The summed E-state index contributed by atoms with van der Waals surface area (Å²) in [5.41, 5.74) is 1.69. The van der Waals surface area contributed by atoms with E-state index in [0.717, 1.165) is 47.0 Å². The Morgan fingerprint density at radius 3 is 2.55 bits per heavy atom. The Morgan fingerprint density at radius 1 is 1.03 bits per heavy atom. The fourth-order valence-corrected chi connectivity index (χ4v) is 4.32. The molecular formula is C21H20BrFN4OS. The molecule has 0 unspecified atom stereocenters. The lowest BCUT2D eigenvalue weighted by Crippen LogP contribution is -2.35. The molecule has 1 aromatic heterocycles. The Bertz CT molecular complexity index is 977. The number of benzene rings is 2. The molecular weight excluding hydrogens is 455 g/mol. The van der Waals surface area contributed by atoms with Crippen LogP contribution < -0.4 is 4.90 Å². The maximum absolute atomic E-state index is 13.1. The molecule has 0 atom stereocenters. The van der Waals surface area contributed by atoms with Crippen LogP contribution in [0.5, 0.6) is 0 Å². The molecule has 1 aliphatic heterocycles. The van der Waals surface area contributed by atoms with Crippen molar-refractivity contribution in [2.45, 2.75) is 12.8 Å². The highest BCUT2D eigenvalue weighted by atomic mass is 79.9. The maximum atomic E-state index is 13.1. The monoisotopic (exact) mass is 474 g/mol. The minimum Gasteiger partial charge on any atom is -0.345 e. The first-order chi connectivity index (χ1) is 14.1. The standard InChI is InChI=1S/C21H20BrFN4OS/c22-17-6-4-16(5-7-17)20(28)26-10-1-11-27(13-12-26)21-24-19(25-29-21)14-15-2-8-18(23)9-3-15/h2-9H,1,10-14H2. The van der Waals surface area contributed by atoms with Gasteiger partial charge in [0, 0.05) is 54.2 Å². The van der Waals surface area contributed by atoms with Crippen molar-refractivity contribution in [3.8, 4) is 0 Å². The number of hydrogen-bond donors (Lipinski definition) is 0. The van der Waals surface area contributed by atoms with E-state index >= 15 is 0 Å². The van der Waals surface area contributed by atoms with Crippen LogP contribution in [0.3, 0.4) is 0 Å². The van der Waals surface area contributed by atoms with Crippen molar-refractivity contribution in [3.63, 3.8) is 0 Å². The quantitative estimate of drug-likeness (QED) is 0.562. The van der Waals surface area contributed by atoms with Crippen LogP contribution in [0.1, 0.15) is 28.2 Å². The molecule has 1 fully saturated rings. The third kappa shape index (κ3) is 5.00. The highest BCUT2D eigenvalue weighted by Gasteiger charge is 2.22. The Hall–Kier alpha value is -2.32. The minimum absolute atomic E-state index is 0.0635. The SMILES string of the molecule is O=C(c1ccc(Br)cc1)N1CCCN(c2nc(Cc3ccc(F)cc3)ns2)CC1. The number of carbonyl (C=O) groups is 1. The number of aromatic nitrogens is 2. The normalized spacial score (nSPS) is 14.7. The fourth-order valence-electron chi connectivity index (χ4n) is 3.32. The molecule has 1 aliphatic rings. The Balaban J connectivity index is 1.38. The second-order valence-corrected chi connectivity index (χ2v) is 8.58. The molecule has 0 bridgehead atoms. The second-order valence-electron chi connectivity index (χ2n) is 6.94. The van der Waals surface area contributed by atoms with Gasteiger partial charge in [0.15, 0.2) is 0 Å². The highest BCUT2D eigenvalue weighted by Crippen LogP contribution is 2.21. The predicted molar refractivity (Wildman–Crippen MR) is 116 cm³/mol. The molecule has 0 N–H and O–H groups in total. The minimum atomic E-state index is -0.243. The first kappa shape index (κ1) is 20.0. The van der Waals surface area contributed by atoms with Crippen molar-refractivity contribution in [2.75, 3.05) is 31.1 Å². The van der Waals surface area contributed by atoms with Crippen molar-refractivity contribution in [2.24, 2.45) is 0 Å². The summed E-state index contributed by atoms with van der Waals surface area (Å²) in [6, 6.07) is 13.9. The lowest BCUT2D eigenvalue weighted by Gasteiger charge is -2.21. The van der Waals surface area contributed by atoms with Crippen LogP contribution >= 0.6 is 27.5 Å². The summed E-state index contributed by atoms with van der Waals surface area (Å²) in [6.07, 6.45) is 1.47. The average molecular weight is 475 g/mol. The summed E-state index contributed by atoms with van der Waals surface area (Å²) in [5.74, 6) is 0.560. The van der Waals surface area contributed by atoms with Gasteiger partial charge < -0.3 is 9.80 Å². The van der Waals surface area contributed by atoms with Gasteiger partial charge in [0.05, 0.1) is 0 Å². The van der Waals surface area contributed by atoms with Gasteiger partial charge in [0.1, 0.15) is 11.6 Å². The zero-order chi connectivity index (χ0) is 20.2. The van der Waals surface area contributed by atoms with Crippen molar-refractivity contribution >= 4 is 38.5 Å². The van der Waals surface area contributed by atoms with E-state index in [2.05, 4.69) is 30.2 Å². The molecule has 2 heterocycles. The van der Waals surface area contributed by atoms with Crippen LogP contribution in [-0.2, 0) is 6.42 Å². The van der Waals surface area contributed by atoms with E-state index in [1.807, 2.05) is 29.2 Å². The zero-order valence-electron chi connectivity index (χ0n) is 15.7. The third-order valence-electron chi connectivity index (χ3n) is 4.88. The molecule has 2 aromatic carbocycles. The van der Waals surface area contributed by atoms with E-state index < -0.39 is 0 Å². The van der Waals surface area contributed by atoms with Crippen LogP contribution in [0.4, 0.5) is 9.52 Å². The van der Waals surface area contributed by atoms with Crippen molar-refractivity contribution in [3.05, 3.63) is 75.8 Å². The van der Waals surface area contributed by atoms with Crippen LogP contribution in [0.25, 0.3) is 0 Å². The van der Waals surface area contributed by atoms with Gasteiger partial charge in [-0.05, 0) is 48.4 Å². The number of amides is 1. The fraction of sp³-hybridized carbons (Fsp3) is 0.286. The van der Waals surface area contributed by atoms with E-state index in [-0.39, 0.29) is 11.7 Å². The van der Waals surface area contributed by atoms with Crippen LogP contribution in [0, 0.1) is 5.82 Å². The lowest BCUT2D eigenvalue weighted by molar-refractivity contribution is 0.0767. The summed E-state index contributed by atoms with van der Waals surface area (Å²) < 4.78 is 18.5. The molecule has 8 heteroatoms. The van der Waals surface area contributed by atoms with Crippen molar-refractivity contribution < 1.29 is 9.18 Å². The molecule has 29 heavy (non-hydrogen) atoms. The van der Waals surface area contributed by atoms with E-state index in [0.29, 0.717) is 18.5 Å². The van der Waals surface area contributed by atoms with E-state index in [4.69, 9.17) is 0 Å². The summed E-state index contributed by atoms with van der Waals surface area (Å²) in [5, 5.41) is 0.875. The smallest absolute Gasteiger partial charge is 0.253 e. The highest BCUT2D eigenvalue weighted by molar-refractivity contribution is 9.10. The van der Waals surface area contributed by atoms with Gasteiger partial charge in [0.2, 0.25) is 5.13 Å². The molecule has 0 radical (unpaired) electrons. The number of halogens is 2. The van der Waals surface area contributed by atoms with E-state index in [1.165, 1.54) is 23.7 Å². The Morgan fingerprint density at radius 2 is 1.79 bits per heavy atom. The molecule has 5 nitrogen and oxygen atoms in total. The van der Waals surface area contributed by atoms with Gasteiger partial charge in [-0.2, -0.15) is 4.37 Å². The lowest BCUT2D eigenvalue weighted by atomic mass is 10.1. The number of nitrogens with zero attached hydrogens (tertiary/aromatic N) is 4. The summed E-state index contributed by atoms with van der Waals surface area (Å²) in [7, 11) is 0. The van der Waals surface area contributed by atoms with E-state index in [1.54, 1.807) is 12.1 Å². The second kappa shape index (κ2) is 9.00. The number of rotatable bonds is 4. The number of anilines is 1. The van der Waals surface area contributed by atoms with Gasteiger partial charge in [0.25, 0.3) is 5.91 Å². The van der Waals surface area contributed by atoms with Crippen LogP contribution in [0.2, 0.25) is 0 Å². The van der Waals surface area contributed by atoms with Gasteiger partial charge in [-0.1, -0.05) is 28.1 Å². The average Bonchev–Trinajstić information content (AvgIpc) is 3.04. The maximum Gasteiger partial charge on any atom is 0.253 e. The molecule has 1 saturated heterocycles. The summed E-state index contributed by atoms with van der Waals surface area (Å²) in [6.45, 7) is 2.96. The molecule has 150 valence electrons. The van der Waals surface area contributed by atoms with Gasteiger partial charge >= 0.3 is 0 Å². The summed E-state index contributed by atoms with van der Waals surface area (Å²) >= 11 is 4.78. The van der Waals surface area contributed by atoms with Gasteiger partial charge in [-0.3, -0.25) is 4.79 Å². The Kier molecular flexibility index (Phi) is 6.20. The van der Waals surface area contributed by atoms with Gasteiger partial charge in [-0.25, -0.2) is 9.37 Å². The summed E-state index contributed by atoms with van der Waals surface area (Å²) in [4.78, 5) is 21.5. The zero-order valence-corrected chi connectivity index (χ0v) is 18.1. The number of hydrogen-bond acceptors (Lipinski definition) is 5. The number of carbonyl (C=O) groups excluding carboxylic acids is 1. The van der Waals surface area contributed by atoms with E-state index in [9.17, 15) is 9.18 Å². The predicted octanol–water partition coefficient (Wildman–Crippen LogP) is 4.38. The molecule has 3 aromatic rings. The topological polar surface area (TPSA) is 49.3 Å². The first-order valence-corrected chi connectivity index (χ1v) is 11.0. The first-order valence-electron chi connectivity index (χ1n) is 9.45. The Labute approximate surface area is 181 Å². The largest absolute Gasteiger partial charge is 0.345 e.